The lowest BCUT2D eigenvalue weighted by Gasteiger charge is -2.06. The lowest BCUT2D eigenvalue weighted by Crippen LogP contribution is -1.93. The van der Waals surface area contributed by atoms with E-state index in [2.05, 4.69) is 6.07 Å². The molecular weight excluding hydrogens is 232 g/mol. The van der Waals surface area contributed by atoms with Gasteiger partial charge in [0.15, 0.2) is 0 Å². The SMILES string of the molecule is CCOc1cc(N)cc(-c2ccc(C#N)s2)c1. The summed E-state index contributed by atoms with van der Waals surface area (Å²) in [6.45, 7) is 2.54. The van der Waals surface area contributed by atoms with Gasteiger partial charge in [0.25, 0.3) is 0 Å². The lowest BCUT2D eigenvalue weighted by atomic mass is 10.1. The maximum absolute atomic E-state index is 8.80. The lowest BCUT2D eigenvalue weighted by molar-refractivity contribution is 0.340. The summed E-state index contributed by atoms with van der Waals surface area (Å²) in [7, 11) is 0. The molecule has 1 aromatic heterocycles. The van der Waals surface area contributed by atoms with Crippen molar-refractivity contribution in [3.63, 3.8) is 0 Å². The Balaban J connectivity index is 2.41. The predicted octanol–water partition coefficient (Wildman–Crippen LogP) is 3.27. The molecule has 4 heteroatoms. The van der Waals surface area contributed by atoms with Crippen molar-refractivity contribution in [3.8, 4) is 22.3 Å². The van der Waals surface area contributed by atoms with Crippen molar-refractivity contribution < 1.29 is 4.74 Å². The van der Waals surface area contributed by atoms with E-state index in [4.69, 9.17) is 15.7 Å². The van der Waals surface area contributed by atoms with Crippen LogP contribution in [0, 0.1) is 11.3 Å². The van der Waals surface area contributed by atoms with Crippen molar-refractivity contribution in [3.05, 3.63) is 35.2 Å². The van der Waals surface area contributed by atoms with Gasteiger partial charge in [-0.3, -0.25) is 0 Å². The van der Waals surface area contributed by atoms with Crippen molar-refractivity contribution in [1.82, 2.24) is 0 Å². The Hall–Kier alpha value is -1.99. The molecule has 0 amide bonds. The quantitative estimate of drug-likeness (QED) is 0.843. The molecule has 2 aromatic rings. The molecule has 0 fully saturated rings. The Labute approximate surface area is 104 Å². The molecule has 86 valence electrons. The maximum Gasteiger partial charge on any atom is 0.121 e. The number of nitrogens with two attached hydrogens (primary N) is 1. The highest BCUT2D eigenvalue weighted by Crippen LogP contribution is 2.32. The van der Waals surface area contributed by atoms with Gasteiger partial charge in [-0.1, -0.05) is 0 Å². The zero-order valence-electron chi connectivity index (χ0n) is 9.43. The number of thiophene rings is 1. The fourth-order valence-electron chi connectivity index (χ4n) is 1.57. The van der Waals surface area contributed by atoms with Gasteiger partial charge in [0.05, 0.1) is 6.61 Å². The number of hydrogen-bond donors (Lipinski definition) is 1. The predicted molar refractivity (Wildman–Crippen MR) is 70.1 cm³/mol. The van der Waals surface area contributed by atoms with Crippen molar-refractivity contribution in [2.45, 2.75) is 6.92 Å². The van der Waals surface area contributed by atoms with Gasteiger partial charge in [0.1, 0.15) is 16.7 Å². The second kappa shape index (κ2) is 4.89. The number of ether oxygens (including phenoxy) is 1. The molecular formula is C13H12N2OS. The number of anilines is 1. The van der Waals surface area contributed by atoms with Crippen LogP contribution in [-0.2, 0) is 0 Å². The highest BCUT2D eigenvalue weighted by atomic mass is 32.1. The summed E-state index contributed by atoms with van der Waals surface area (Å²) in [6.07, 6.45) is 0. The van der Waals surface area contributed by atoms with Crippen LogP contribution in [0.1, 0.15) is 11.8 Å². The molecule has 0 atom stereocenters. The number of benzene rings is 1. The van der Waals surface area contributed by atoms with Gasteiger partial charge in [-0.15, -0.1) is 11.3 Å². The van der Waals surface area contributed by atoms with E-state index in [1.54, 1.807) is 6.07 Å². The second-order valence-electron chi connectivity index (χ2n) is 3.50. The first-order valence-corrected chi connectivity index (χ1v) is 6.08. The molecule has 1 aromatic carbocycles. The van der Waals surface area contributed by atoms with E-state index >= 15 is 0 Å². The third kappa shape index (κ3) is 2.58. The van der Waals surface area contributed by atoms with Gasteiger partial charge >= 0.3 is 0 Å². The third-order valence-corrected chi connectivity index (χ3v) is 3.28. The van der Waals surface area contributed by atoms with Gasteiger partial charge in [-0.2, -0.15) is 5.26 Å². The smallest absolute Gasteiger partial charge is 0.121 e. The maximum atomic E-state index is 8.80. The van der Waals surface area contributed by atoms with Crippen molar-refractivity contribution in [2.24, 2.45) is 0 Å². The van der Waals surface area contributed by atoms with Crippen LogP contribution in [0.5, 0.6) is 5.75 Å². The van der Waals surface area contributed by atoms with Crippen LogP contribution < -0.4 is 10.5 Å². The van der Waals surface area contributed by atoms with E-state index in [1.807, 2.05) is 31.2 Å². The van der Waals surface area contributed by atoms with Crippen LogP contribution in [0.3, 0.4) is 0 Å². The third-order valence-electron chi connectivity index (χ3n) is 2.24. The monoisotopic (exact) mass is 244 g/mol. The first-order chi connectivity index (χ1) is 8.22. The Kier molecular flexibility index (Phi) is 3.31. The molecule has 0 aliphatic heterocycles. The van der Waals surface area contributed by atoms with Crippen LogP contribution in [0.25, 0.3) is 10.4 Å². The largest absolute Gasteiger partial charge is 0.494 e. The number of rotatable bonds is 3. The van der Waals surface area contributed by atoms with E-state index in [-0.39, 0.29) is 0 Å². The minimum atomic E-state index is 0.608. The van der Waals surface area contributed by atoms with Crippen LogP contribution in [0.2, 0.25) is 0 Å². The molecule has 0 saturated heterocycles. The highest BCUT2D eigenvalue weighted by Gasteiger charge is 2.05. The molecule has 2 rings (SSSR count). The zero-order valence-corrected chi connectivity index (χ0v) is 10.3. The summed E-state index contributed by atoms with van der Waals surface area (Å²) in [4.78, 5) is 1.72. The molecule has 0 aliphatic rings. The van der Waals surface area contributed by atoms with Crippen LogP contribution in [-0.4, -0.2) is 6.61 Å². The summed E-state index contributed by atoms with van der Waals surface area (Å²) in [6, 6.07) is 11.5. The van der Waals surface area contributed by atoms with E-state index in [1.165, 1.54) is 11.3 Å². The second-order valence-corrected chi connectivity index (χ2v) is 4.58. The number of nitrogens with zero attached hydrogens (tertiary/aromatic N) is 1. The molecule has 1 heterocycles. The summed E-state index contributed by atoms with van der Waals surface area (Å²) in [5.41, 5.74) is 7.48. The minimum absolute atomic E-state index is 0.608. The van der Waals surface area contributed by atoms with E-state index in [9.17, 15) is 0 Å². The molecule has 0 spiro atoms. The van der Waals surface area contributed by atoms with Gasteiger partial charge in [0.2, 0.25) is 0 Å². The fourth-order valence-corrected chi connectivity index (χ4v) is 2.36. The van der Waals surface area contributed by atoms with Gasteiger partial charge in [-0.25, -0.2) is 0 Å². The Morgan fingerprint density at radius 3 is 2.82 bits per heavy atom. The van der Waals surface area contributed by atoms with E-state index in [0.29, 0.717) is 17.2 Å². The molecule has 0 unspecified atom stereocenters. The van der Waals surface area contributed by atoms with Gasteiger partial charge in [-0.05, 0) is 36.8 Å². The van der Waals surface area contributed by atoms with Crippen LogP contribution in [0.4, 0.5) is 5.69 Å². The van der Waals surface area contributed by atoms with Gasteiger partial charge < -0.3 is 10.5 Å². The molecule has 0 radical (unpaired) electrons. The average molecular weight is 244 g/mol. The van der Waals surface area contributed by atoms with Crippen molar-refractivity contribution in [1.29, 1.82) is 5.26 Å². The average Bonchev–Trinajstić information content (AvgIpc) is 2.77. The summed E-state index contributed by atoms with van der Waals surface area (Å²) in [5, 5.41) is 8.80. The Bertz CT molecular complexity index is 569. The summed E-state index contributed by atoms with van der Waals surface area (Å²) >= 11 is 1.45. The normalized spacial score (nSPS) is 9.88. The number of nitrogen functional groups attached to an aromatic ring is 1. The van der Waals surface area contributed by atoms with E-state index < -0.39 is 0 Å². The van der Waals surface area contributed by atoms with Crippen molar-refractivity contribution in [2.75, 3.05) is 12.3 Å². The van der Waals surface area contributed by atoms with E-state index in [0.717, 1.165) is 16.2 Å². The van der Waals surface area contributed by atoms with Gasteiger partial charge in [0, 0.05) is 16.6 Å². The number of nitriles is 1. The topological polar surface area (TPSA) is 59.0 Å². The molecule has 2 N–H and O–H groups in total. The van der Waals surface area contributed by atoms with Crippen molar-refractivity contribution >= 4 is 17.0 Å². The Morgan fingerprint density at radius 1 is 1.35 bits per heavy atom. The molecule has 3 nitrogen and oxygen atoms in total. The fraction of sp³-hybridized carbons (Fsp3) is 0.154. The highest BCUT2D eigenvalue weighted by molar-refractivity contribution is 7.16. The summed E-state index contributed by atoms with van der Waals surface area (Å²) in [5.74, 6) is 0.759. The Morgan fingerprint density at radius 2 is 2.18 bits per heavy atom. The first kappa shape index (κ1) is 11.5. The van der Waals surface area contributed by atoms with Crippen LogP contribution >= 0.6 is 11.3 Å². The zero-order chi connectivity index (χ0) is 12.3. The molecule has 0 bridgehead atoms. The number of hydrogen-bond acceptors (Lipinski definition) is 4. The first-order valence-electron chi connectivity index (χ1n) is 5.26. The molecule has 17 heavy (non-hydrogen) atoms. The molecule has 0 saturated carbocycles. The molecule has 0 aliphatic carbocycles. The minimum Gasteiger partial charge on any atom is -0.494 e. The van der Waals surface area contributed by atoms with Crippen LogP contribution in [0.15, 0.2) is 30.3 Å². The summed E-state index contributed by atoms with van der Waals surface area (Å²) < 4.78 is 5.44. The standard InChI is InChI=1S/C13H12N2OS/c1-2-16-11-6-9(5-10(15)7-11)13-4-3-12(8-14)17-13/h3-7H,2,15H2,1H3.